The predicted molar refractivity (Wildman–Crippen MR) is 88.2 cm³/mol. The predicted octanol–water partition coefficient (Wildman–Crippen LogP) is 3.53. The Hall–Kier alpha value is -2.86. The van der Waals surface area contributed by atoms with Crippen molar-refractivity contribution in [3.63, 3.8) is 0 Å². The van der Waals surface area contributed by atoms with E-state index in [0.717, 1.165) is 17.5 Å². The third-order valence-electron chi connectivity index (χ3n) is 3.28. The number of aromatic nitrogens is 4. The number of fused-ring (bicyclic) bond motifs is 1. The van der Waals surface area contributed by atoms with Crippen LogP contribution in [0.2, 0.25) is 5.28 Å². The number of nitrogens with zero attached hydrogens (tertiary/aromatic N) is 4. The topological polar surface area (TPSA) is 77.9 Å². The molecule has 0 aliphatic heterocycles. The quantitative estimate of drug-likeness (QED) is 0.664. The summed E-state index contributed by atoms with van der Waals surface area (Å²) in [5.74, 6) is 0.882. The summed E-state index contributed by atoms with van der Waals surface area (Å²) in [6, 6.07) is 9.23. The molecule has 3 aromatic rings. The first-order valence-corrected chi connectivity index (χ1v) is 7.64. The van der Waals surface area contributed by atoms with Gasteiger partial charge in [0.05, 0.1) is 0 Å². The highest BCUT2D eigenvalue weighted by Crippen LogP contribution is 2.27. The van der Waals surface area contributed by atoms with Crippen molar-refractivity contribution in [2.45, 2.75) is 12.8 Å². The minimum absolute atomic E-state index is 0.211. The van der Waals surface area contributed by atoms with Crippen LogP contribution in [-0.2, 0) is 6.42 Å². The van der Waals surface area contributed by atoms with Gasteiger partial charge in [-0.15, -0.1) is 0 Å². The van der Waals surface area contributed by atoms with Gasteiger partial charge in [-0.05, 0) is 53.9 Å². The first kappa shape index (κ1) is 16.0. The van der Waals surface area contributed by atoms with E-state index < -0.39 is 0 Å². The molecule has 1 aliphatic rings. The van der Waals surface area contributed by atoms with E-state index in [4.69, 9.17) is 16.3 Å². The Bertz CT molecular complexity index is 829. The summed E-state index contributed by atoms with van der Waals surface area (Å²) in [5.41, 5.74) is 1.86. The van der Waals surface area contributed by atoms with Gasteiger partial charge in [-0.2, -0.15) is 0 Å². The van der Waals surface area contributed by atoms with Crippen LogP contribution in [0.4, 0.5) is 0 Å². The van der Waals surface area contributed by atoms with E-state index in [1.165, 1.54) is 0 Å². The standard InChI is InChI=1S/C13H10N2O2.C4H3ClN2/c16-12-5-2-9-8-10(3-4-11(9)12)17-13-14-6-1-7-15-13;5-4-6-2-1-3-7-4/h1,3-4,6-8H,2,5H2;1-3H. The lowest BCUT2D eigenvalue weighted by atomic mass is 10.1. The van der Waals surface area contributed by atoms with Crippen molar-refractivity contribution < 1.29 is 9.53 Å². The van der Waals surface area contributed by atoms with Crippen LogP contribution < -0.4 is 4.74 Å². The van der Waals surface area contributed by atoms with E-state index in [1.54, 1.807) is 43.0 Å². The van der Waals surface area contributed by atoms with Gasteiger partial charge in [0.2, 0.25) is 5.28 Å². The second-order valence-corrected chi connectivity index (χ2v) is 5.23. The molecule has 1 aromatic carbocycles. The molecule has 0 amide bonds. The summed E-state index contributed by atoms with van der Waals surface area (Å²) < 4.78 is 5.51. The molecule has 120 valence electrons. The molecule has 24 heavy (non-hydrogen) atoms. The summed E-state index contributed by atoms with van der Waals surface area (Å²) in [5, 5.41) is 0.294. The third-order valence-corrected chi connectivity index (χ3v) is 3.48. The highest BCUT2D eigenvalue weighted by molar-refractivity contribution is 6.28. The second kappa shape index (κ2) is 7.61. The zero-order valence-electron chi connectivity index (χ0n) is 12.6. The number of carbonyl (C=O) groups is 1. The van der Waals surface area contributed by atoms with Crippen molar-refractivity contribution in [3.05, 3.63) is 71.5 Å². The third kappa shape index (κ3) is 4.11. The van der Waals surface area contributed by atoms with Crippen molar-refractivity contribution in [1.82, 2.24) is 19.9 Å². The van der Waals surface area contributed by atoms with Crippen molar-refractivity contribution in [1.29, 1.82) is 0 Å². The molecule has 2 aromatic heterocycles. The molecule has 0 N–H and O–H groups in total. The van der Waals surface area contributed by atoms with Gasteiger partial charge >= 0.3 is 6.01 Å². The largest absolute Gasteiger partial charge is 0.424 e. The van der Waals surface area contributed by atoms with E-state index in [2.05, 4.69) is 19.9 Å². The number of benzene rings is 1. The van der Waals surface area contributed by atoms with Crippen LogP contribution in [0, 0.1) is 0 Å². The summed E-state index contributed by atoms with van der Waals surface area (Å²) >= 11 is 5.32. The van der Waals surface area contributed by atoms with Gasteiger partial charge in [0, 0.05) is 36.8 Å². The lowest BCUT2D eigenvalue weighted by molar-refractivity contribution is 0.0994. The van der Waals surface area contributed by atoms with E-state index in [9.17, 15) is 4.79 Å². The maximum atomic E-state index is 11.5. The van der Waals surface area contributed by atoms with Gasteiger partial charge < -0.3 is 4.74 Å². The number of aryl methyl sites for hydroxylation is 1. The fourth-order valence-corrected chi connectivity index (χ4v) is 2.33. The number of hydrogen-bond donors (Lipinski definition) is 0. The average Bonchev–Trinajstić information content (AvgIpc) is 2.98. The monoisotopic (exact) mass is 340 g/mol. The maximum Gasteiger partial charge on any atom is 0.321 e. The lowest BCUT2D eigenvalue weighted by Gasteiger charge is -2.04. The number of rotatable bonds is 2. The molecule has 0 atom stereocenters. The van der Waals surface area contributed by atoms with Crippen LogP contribution in [0.25, 0.3) is 0 Å². The maximum absolute atomic E-state index is 11.5. The van der Waals surface area contributed by atoms with Gasteiger partial charge in [0.15, 0.2) is 5.78 Å². The second-order valence-electron chi connectivity index (χ2n) is 4.89. The average molecular weight is 341 g/mol. The van der Waals surface area contributed by atoms with Gasteiger partial charge in [-0.25, -0.2) is 19.9 Å². The van der Waals surface area contributed by atoms with Crippen LogP contribution in [0.15, 0.2) is 55.1 Å². The van der Waals surface area contributed by atoms with E-state index >= 15 is 0 Å². The smallest absolute Gasteiger partial charge is 0.321 e. The zero-order valence-corrected chi connectivity index (χ0v) is 13.3. The summed E-state index contributed by atoms with van der Waals surface area (Å²) in [6.45, 7) is 0. The first-order valence-electron chi connectivity index (χ1n) is 7.26. The molecule has 0 saturated heterocycles. The molecule has 0 unspecified atom stereocenters. The van der Waals surface area contributed by atoms with Gasteiger partial charge in [0.25, 0.3) is 0 Å². The Balaban J connectivity index is 0.000000203. The molecule has 0 saturated carbocycles. The van der Waals surface area contributed by atoms with Crippen LogP contribution in [0.3, 0.4) is 0 Å². The summed E-state index contributed by atoms with van der Waals surface area (Å²) in [7, 11) is 0. The van der Waals surface area contributed by atoms with E-state index in [0.29, 0.717) is 23.5 Å². The number of hydrogen-bond acceptors (Lipinski definition) is 6. The molecule has 6 nitrogen and oxygen atoms in total. The molecule has 4 rings (SSSR count). The van der Waals surface area contributed by atoms with Crippen molar-refractivity contribution in [3.8, 4) is 11.8 Å². The normalized spacial score (nSPS) is 12.1. The van der Waals surface area contributed by atoms with Crippen LogP contribution in [0.1, 0.15) is 22.3 Å². The number of halogens is 1. The Labute approximate surface area is 143 Å². The van der Waals surface area contributed by atoms with Gasteiger partial charge in [-0.1, -0.05) is 0 Å². The zero-order chi connectivity index (χ0) is 16.8. The fourth-order valence-electron chi connectivity index (χ4n) is 2.22. The molecule has 7 heteroatoms. The van der Waals surface area contributed by atoms with Gasteiger partial charge in [-0.3, -0.25) is 4.79 Å². The van der Waals surface area contributed by atoms with Crippen LogP contribution >= 0.6 is 11.6 Å². The number of ether oxygens (including phenoxy) is 1. The molecular weight excluding hydrogens is 328 g/mol. The van der Waals surface area contributed by atoms with Crippen molar-refractivity contribution >= 4 is 17.4 Å². The first-order chi connectivity index (χ1) is 11.7. The molecule has 0 bridgehead atoms. The molecule has 0 radical (unpaired) electrons. The Morgan fingerprint density at radius 3 is 2.21 bits per heavy atom. The fraction of sp³-hybridized carbons (Fsp3) is 0.118. The lowest BCUT2D eigenvalue weighted by Crippen LogP contribution is -1.93. The van der Waals surface area contributed by atoms with Crippen LogP contribution in [0.5, 0.6) is 11.8 Å². The summed E-state index contributed by atoms with van der Waals surface area (Å²) in [6.07, 6.45) is 7.82. The molecule has 1 aliphatic carbocycles. The van der Waals surface area contributed by atoms with Crippen LogP contribution in [-0.4, -0.2) is 25.7 Å². The molecular formula is C17H13ClN4O2. The minimum atomic E-state index is 0.211. The minimum Gasteiger partial charge on any atom is -0.424 e. The molecule has 0 spiro atoms. The number of Topliss-reactive ketones (excluding diaryl/α,β-unsaturated/α-hetero) is 1. The molecule has 0 fully saturated rings. The number of ketones is 1. The highest BCUT2D eigenvalue weighted by atomic mass is 35.5. The van der Waals surface area contributed by atoms with E-state index in [-0.39, 0.29) is 5.78 Å². The van der Waals surface area contributed by atoms with Crippen molar-refractivity contribution in [2.24, 2.45) is 0 Å². The van der Waals surface area contributed by atoms with Gasteiger partial charge in [0.1, 0.15) is 5.75 Å². The van der Waals surface area contributed by atoms with E-state index in [1.807, 2.05) is 12.1 Å². The highest BCUT2D eigenvalue weighted by Gasteiger charge is 2.19. The summed E-state index contributed by atoms with van der Waals surface area (Å²) in [4.78, 5) is 26.7. The Morgan fingerprint density at radius 1 is 0.917 bits per heavy atom. The number of carbonyl (C=O) groups excluding carboxylic acids is 1. The van der Waals surface area contributed by atoms with Crippen molar-refractivity contribution in [2.75, 3.05) is 0 Å². The Kier molecular flexibility index (Phi) is 5.08. The SMILES string of the molecule is Clc1ncccn1.O=C1CCc2cc(Oc3ncccn3)ccc21. The molecule has 2 heterocycles. The Morgan fingerprint density at radius 2 is 1.58 bits per heavy atom.